The number of benzene rings is 2. The largest absolute Gasteiger partial charge is 0.345 e. The van der Waals surface area contributed by atoms with Crippen LogP contribution >= 0.6 is 11.6 Å². The Bertz CT molecular complexity index is 656. The lowest BCUT2D eigenvalue weighted by atomic mass is 10.1. The highest BCUT2D eigenvalue weighted by Crippen LogP contribution is 2.09. The van der Waals surface area contributed by atoms with Gasteiger partial charge in [-0.15, -0.1) is 0 Å². The molecule has 0 radical (unpaired) electrons. The quantitative estimate of drug-likeness (QED) is 0.861. The minimum atomic E-state index is 0.0132. The van der Waals surface area contributed by atoms with Gasteiger partial charge in [-0.3, -0.25) is 4.79 Å². The highest BCUT2D eigenvalue weighted by Gasteiger charge is 2.00. The molecule has 3 heteroatoms. The first kappa shape index (κ1) is 15.2. The summed E-state index contributed by atoms with van der Waals surface area (Å²) in [6.45, 7) is 0.347. The topological polar surface area (TPSA) is 29.1 Å². The Morgan fingerprint density at radius 2 is 1.90 bits per heavy atom. The Morgan fingerprint density at radius 3 is 2.67 bits per heavy atom. The van der Waals surface area contributed by atoms with Crippen LogP contribution in [0.2, 0.25) is 5.02 Å². The van der Waals surface area contributed by atoms with Gasteiger partial charge in [0.25, 0.3) is 0 Å². The molecule has 1 N–H and O–H groups in total. The molecule has 2 aromatic rings. The van der Waals surface area contributed by atoms with Gasteiger partial charge in [-0.05, 0) is 30.2 Å². The van der Waals surface area contributed by atoms with E-state index in [0.717, 1.165) is 17.5 Å². The molecule has 0 saturated carbocycles. The van der Waals surface area contributed by atoms with Crippen molar-refractivity contribution in [2.45, 2.75) is 12.8 Å². The molecule has 0 bridgehead atoms. The molecule has 2 rings (SSSR count). The lowest BCUT2D eigenvalue weighted by Crippen LogP contribution is -2.23. The fourth-order valence-corrected chi connectivity index (χ4v) is 2.04. The molecule has 0 atom stereocenters. The molecule has 106 valence electrons. The Kier molecular flexibility index (Phi) is 5.87. The zero-order valence-corrected chi connectivity index (χ0v) is 12.4. The molecule has 0 fully saturated rings. The molecule has 2 aromatic carbocycles. The van der Waals surface area contributed by atoms with Crippen LogP contribution in [0.25, 0.3) is 0 Å². The van der Waals surface area contributed by atoms with Gasteiger partial charge in [-0.1, -0.05) is 59.8 Å². The van der Waals surface area contributed by atoms with Crippen molar-refractivity contribution in [2.24, 2.45) is 0 Å². The number of carbonyl (C=O) groups excluding carboxylic acids is 1. The third-order valence-electron chi connectivity index (χ3n) is 2.91. The molecule has 0 aromatic heterocycles. The molecule has 0 unspecified atom stereocenters. The van der Waals surface area contributed by atoms with Crippen LogP contribution in [0.3, 0.4) is 0 Å². The van der Waals surface area contributed by atoms with Gasteiger partial charge in [-0.2, -0.15) is 0 Å². The zero-order valence-electron chi connectivity index (χ0n) is 11.6. The highest BCUT2D eigenvalue weighted by molar-refractivity contribution is 6.30. The number of carbonyl (C=O) groups is 1. The van der Waals surface area contributed by atoms with Crippen molar-refractivity contribution in [1.29, 1.82) is 0 Å². The average molecular weight is 298 g/mol. The van der Waals surface area contributed by atoms with Crippen molar-refractivity contribution in [3.8, 4) is 11.8 Å². The maximum atomic E-state index is 11.7. The van der Waals surface area contributed by atoms with Crippen molar-refractivity contribution in [3.05, 3.63) is 70.7 Å². The summed E-state index contributed by atoms with van der Waals surface area (Å²) in [6, 6.07) is 17.3. The van der Waals surface area contributed by atoms with Gasteiger partial charge in [-0.25, -0.2) is 0 Å². The van der Waals surface area contributed by atoms with E-state index in [4.69, 9.17) is 11.6 Å². The maximum Gasteiger partial charge on any atom is 0.221 e. The average Bonchev–Trinajstić information content (AvgIpc) is 2.51. The van der Waals surface area contributed by atoms with E-state index >= 15 is 0 Å². The van der Waals surface area contributed by atoms with E-state index < -0.39 is 0 Å². The van der Waals surface area contributed by atoms with Crippen molar-refractivity contribution in [2.75, 3.05) is 6.54 Å². The molecule has 0 aliphatic carbocycles. The van der Waals surface area contributed by atoms with Gasteiger partial charge in [0.05, 0.1) is 6.54 Å². The summed E-state index contributed by atoms with van der Waals surface area (Å²) in [7, 11) is 0. The number of nitrogens with one attached hydrogen (secondary N) is 1. The summed E-state index contributed by atoms with van der Waals surface area (Å²) in [5, 5.41) is 3.45. The number of hydrogen-bond acceptors (Lipinski definition) is 1. The molecule has 0 aliphatic heterocycles. The lowest BCUT2D eigenvalue weighted by molar-refractivity contribution is -0.120. The first-order valence-electron chi connectivity index (χ1n) is 6.79. The summed E-state index contributed by atoms with van der Waals surface area (Å²) in [5.74, 6) is 5.90. The van der Waals surface area contributed by atoms with Crippen LogP contribution in [-0.2, 0) is 11.2 Å². The fraction of sp³-hybridized carbons (Fsp3) is 0.167. The monoisotopic (exact) mass is 297 g/mol. The first-order chi connectivity index (χ1) is 10.2. The van der Waals surface area contributed by atoms with Crippen LogP contribution in [0.1, 0.15) is 17.5 Å². The van der Waals surface area contributed by atoms with Gasteiger partial charge in [0.1, 0.15) is 0 Å². The van der Waals surface area contributed by atoms with E-state index in [1.807, 2.05) is 42.5 Å². The minimum Gasteiger partial charge on any atom is -0.345 e. The first-order valence-corrected chi connectivity index (χ1v) is 7.17. The normalized spacial score (nSPS) is 9.57. The number of amides is 1. The Morgan fingerprint density at radius 1 is 1.10 bits per heavy atom. The van der Waals surface area contributed by atoms with E-state index in [2.05, 4.69) is 17.2 Å². The van der Waals surface area contributed by atoms with Gasteiger partial charge in [0, 0.05) is 17.0 Å². The third kappa shape index (κ3) is 5.72. The molecular weight excluding hydrogens is 282 g/mol. The molecule has 21 heavy (non-hydrogen) atoms. The maximum absolute atomic E-state index is 11.7. The van der Waals surface area contributed by atoms with E-state index in [-0.39, 0.29) is 5.91 Å². The van der Waals surface area contributed by atoms with Crippen LogP contribution < -0.4 is 5.32 Å². The summed E-state index contributed by atoms with van der Waals surface area (Å²) in [5.41, 5.74) is 2.01. The van der Waals surface area contributed by atoms with Crippen molar-refractivity contribution >= 4 is 17.5 Å². The van der Waals surface area contributed by atoms with E-state index in [0.29, 0.717) is 18.0 Å². The Balaban J connectivity index is 1.72. The van der Waals surface area contributed by atoms with Gasteiger partial charge in [0.2, 0.25) is 5.91 Å². The summed E-state index contributed by atoms with van der Waals surface area (Å²) in [4.78, 5) is 11.7. The number of aryl methyl sites for hydroxylation is 1. The van der Waals surface area contributed by atoms with E-state index in [1.165, 1.54) is 0 Å². The SMILES string of the molecule is O=C(CCc1ccccc1)NCC#Cc1cccc(Cl)c1. The van der Waals surface area contributed by atoms with Crippen molar-refractivity contribution < 1.29 is 4.79 Å². The molecular formula is C18H16ClNO. The van der Waals surface area contributed by atoms with E-state index in [1.54, 1.807) is 12.1 Å². The van der Waals surface area contributed by atoms with Gasteiger partial charge in [0.15, 0.2) is 0 Å². The predicted molar refractivity (Wildman–Crippen MR) is 86.1 cm³/mol. The van der Waals surface area contributed by atoms with Gasteiger partial charge < -0.3 is 5.32 Å². The van der Waals surface area contributed by atoms with Crippen molar-refractivity contribution in [3.63, 3.8) is 0 Å². The van der Waals surface area contributed by atoms with Crippen molar-refractivity contribution in [1.82, 2.24) is 5.32 Å². The summed E-state index contributed by atoms with van der Waals surface area (Å²) < 4.78 is 0. The number of rotatable bonds is 4. The Hall–Kier alpha value is -2.24. The van der Waals surface area contributed by atoms with Gasteiger partial charge >= 0.3 is 0 Å². The van der Waals surface area contributed by atoms with Crippen LogP contribution in [0.5, 0.6) is 0 Å². The lowest BCUT2D eigenvalue weighted by Gasteiger charge is -2.01. The third-order valence-corrected chi connectivity index (χ3v) is 3.15. The molecule has 0 spiro atoms. The van der Waals surface area contributed by atoms with Crippen LogP contribution in [0, 0.1) is 11.8 Å². The second kappa shape index (κ2) is 8.14. The zero-order chi connectivity index (χ0) is 14.9. The number of hydrogen-bond donors (Lipinski definition) is 1. The van der Waals surface area contributed by atoms with Crippen LogP contribution in [0.4, 0.5) is 0 Å². The summed E-state index contributed by atoms with van der Waals surface area (Å²) in [6.07, 6.45) is 1.22. The molecule has 0 aliphatic rings. The van der Waals surface area contributed by atoms with E-state index in [9.17, 15) is 4.79 Å². The standard InChI is InChI=1S/C18H16ClNO/c19-17-10-4-8-16(14-17)9-5-13-20-18(21)12-11-15-6-2-1-3-7-15/h1-4,6-8,10,14H,11-13H2,(H,20,21). The highest BCUT2D eigenvalue weighted by atomic mass is 35.5. The smallest absolute Gasteiger partial charge is 0.221 e. The molecule has 0 heterocycles. The van der Waals surface area contributed by atoms with Crippen LogP contribution in [0.15, 0.2) is 54.6 Å². The molecule has 1 amide bonds. The second-order valence-electron chi connectivity index (χ2n) is 4.57. The Labute approximate surface area is 130 Å². The number of halogens is 1. The van der Waals surface area contributed by atoms with Crippen LogP contribution in [-0.4, -0.2) is 12.5 Å². The second-order valence-corrected chi connectivity index (χ2v) is 5.01. The fourth-order valence-electron chi connectivity index (χ4n) is 1.85. The minimum absolute atomic E-state index is 0.0132. The molecule has 2 nitrogen and oxygen atoms in total. The summed E-state index contributed by atoms with van der Waals surface area (Å²) >= 11 is 5.87. The molecule has 0 saturated heterocycles. The predicted octanol–water partition coefficient (Wildman–Crippen LogP) is 3.44.